The normalized spacial score (nSPS) is 10.1. The van der Waals surface area contributed by atoms with E-state index in [1.54, 1.807) is 6.07 Å². The van der Waals surface area contributed by atoms with E-state index in [0.29, 0.717) is 10.8 Å². The highest BCUT2D eigenvalue weighted by Gasteiger charge is 2.05. The fraction of sp³-hybridized carbons (Fsp3) is 0. The van der Waals surface area contributed by atoms with Crippen LogP contribution in [0.5, 0.6) is 0 Å². The first kappa shape index (κ1) is 8.90. The van der Waals surface area contributed by atoms with Gasteiger partial charge in [0.25, 0.3) is 0 Å². The molecule has 0 bridgehead atoms. The molecule has 0 spiro atoms. The zero-order valence-corrected chi connectivity index (χ0v) is 7.94. The number of nitrogens with two attached hydrogens (primary N) is 1. The van der Waals surface area contributed by atoms with Crippen molar-refractivity contribution < 1.29 is 0 Å². The van der Waals surface area contributed by atoms with Crippen LogP contribution < -0.4 is 5.73 Å². The number of hydrogen-bond acceptors (Lipinski definition) is 4. The molecule has 2 aromatic rings. The number of benzene rings is 1. The Labute approximate surface area is 85.8 Å². The Balaban J connectivity index is 2.55. The van der Waals surface area contributed by atoms with Crippen LogP contribution in [0.4, 0.5) is 5.95 Å². The number of halogens is 1. The molecule has 1 heterocycles. The predicted octanol–water partition coefficient (Wildman–Crippen LogP) is 1.77. The van der Waals surface area contributed by atoms with Gasteiger partial charge in [-0.3, -0.25) is 0 Å². The van der Waals surface area contributed by atoms with Crippen LogP contribution in [0, 0.1) is 0 Å². The van der Waals surface area contributed by atoms with Gasteiger partial charge in [-0.05, 0) is 12.1 Å². The summed E-state index contributed by atoms with van der Waals surface area (Å²) in [5.41, 5.74) is 6.19. The first-order valence-electron chi connectivity index (χ1n) is 3.97. The van der Waals surface area contributed by atoms with E-state index in [9.17, 15) is 0 Å². The molecular weight excluding hydrogens is 200 g/mol. The minimum atomic E-state index is 0.190. The van der Waals surface area contributed by atoms with Crippen molar-refractivity contribution in [1.29, 1.82) is 0 Å². The van der Waals surface area contributed by atoms with Gasteiger partial charge in [-0.1, -0.05) is 23.7 Å². The molecule has 0 saturated carbocycles. The summed E-state index contributed by atoms with van der Waals surface area (Å²) in [7, 11) is 0. The molecule has 0 aliphatic carbocycles. The van der Waals surface area contributed by atoms with E-state index in [-0.39, 0.29) is 5.95 Å². The summed E-state index contributed by atoms with van der Waals surface area (Å²) in [6, 6.07) is 7.31. The molecule has 1 aromatic carbocycles. The van der Waals surface area contributed by atoms with Gasteiger partial charge in [0.1, 0.15) is 6.33 Å². The second-order valence-corrected chi connectivity index (χ2v) is 3.05. The lowest BCUT2D eigenvalue weighted by Crippen LogP contribution is -1.98. The van der Waals surface area contributed by atoms with Crippen LogP contribution in [0.1, 0.15) is 0 Å². The van der Waals surface area contributed by atoms with Crippen molar-refractivity contribution in [3.63, 3.8) is 0 Å². The first-order valence-corrected chi connectivity index (χ1v) is 4.34. The Bertz CT molecular complexity index is 458. The van der Waals surface area contributed by atoms with E-state index in [1.165, 1.54) is 6.33 Å². The molecule has 4 nitrogen and oxygen atoms in total. The summed E-state index contributed by atoms with van der Waals surface area (Å²) in [5, 5.41) is 0.595. The van der Waals surface area contributed by atoms with Crippen LogP contribution in [0.25, 0.3) is 11.4 Å². The molecule has 70 valence electrons. The highest BCUT2D eigenvalue weighted by molar-refractivity contribution is 6.33. The zero-order chi connectivity index (χ0) is 9.97. The Morgan fingerprint density at radius 1 is 1.14 bits per heavy atom. The quantitative estimate of drug-likeness (QED) is 0.773. The Kier molecular flexibility index (Phi) is 2.28. The topological polar surface area (TPSA) is 64.7 Å². The lowest BCUT2D eigenvalue weighted by atomic mass is 10.2. The van der Waals surface area contributed by atoms with Crippen molar-refractivity contribution in [3.8, 4) is 11.4 Å². The van der Waals surface area contributed by atoms with Crippen molar-refractivity contribution in [2.45, 2.75) is 0 Å². The lowest BCUT2D eigenvalue weighted by Gasteiger charge is -2.01. The number of hydrogen-bond donors (Lipinski definition) is 1. The molecule has 1 aromatic heterocycles. The molecule has 0 aliphatic heterocycles. The van der Waals surface area contributed by atoms with E-state index in [0.717, 1.165) is 5.56 Å². The summed E-state index contributed by atoms with van der Waals surface area (Å²) >= 11 is 5.97. The second-order valence-electron chi connectivity index (χ2n) is 2.65. The average molecular weight is 207 g/mol. The summed E-state index contributed by atoms with van der Waals surface area (Å²) < 4.78 is 0. The van der Waals surface area contributed by atoms with Crippen LogP contribution >= 0.6 is 11.6 Å². The van der Waals surface area contributed by atoms with E-state index in [2.05, 4.69) is 15.0 Å². The van der Waals surface area contributed by atoms with Gasteiger partial charge in [-0.15, -0.1) is 0 Å². The van der Waals surface area contributed by atoms with Gasteiger partial charge in [0.15, 0.2) is 5.82 Å². The summed E-state index contributed by atoms with van der Waals surface area (Å²) in [5.74, 6) is 0.679. The lowest BCUT2D eigenvalue weighted by molar-refractivity contribution is 1.07. The van der Waals surface area contributed by atoms with E-state index in [4.69, 9.17) is 17.3 Å². The maximum absolute atomic E-state index is 5.97. The maximum Gasteiger partial charge on any atom is 0.223 e. The highest BCUT2D eigenvalue weighted by atomic mass is 35.5. The number of rotatable bonds is 1. The highest BCUT2D eigenvalue weighted by Crippen LogP contribution is 2.23. The third kappa shape index (κ3) is 1.65. The first-order chi connectivity index (χ1) is 6.77. The van der Waals surface area contributed by atoms with Gasteiger partial charge in [-0.2, -0.15) is 4.98 Å². The third-order valence-corrected chi connectivity index (χ3v) is 2.03. The van der Waals surface area contributed by atoms with Gasteiger partial charge in [0, 0.05) is 5.56 Å². The molecule has 0 aliphatic rings. The van der Waals surface area contributed by atoms with Crippen LogP contribution in [0.3, 0.4) is 0 Å². The molecule has 0 saturated heterocycles. The molecule has 0 radical (unpaired) electrons. The van der Waals surface area contributed by atoms with Crippen LogP contribution in [-0.4, -0.2) is 15.0 Å². The molecule has 2 rings (SSSR count). The summed E-state index contributed by atoms with van der Waals surface area (Å²) in [6.07, 6.45) is 1.36. The number of anilines is 1. The van der Waals surface area contributed by atoms with Crippen molar-refractivity contribution in [3.05, 3.63) is 35.6 Å². The maximum atomic E-state index is 5.97. The Morgan fingerprint density at radius 2 is 1.93 bits per heavy atom. The third-order valence-electron chi connectivity index (χ3n) is 1.71. The average Bonchev–Trinajstić information content (AvgIpc) is 2.18. The number of aromatic nitrogens is 3. The molecule has 14 heavy (non-hydrogen) atoms. The largest absolute Gasteiger partial charge is 0.368 e. The van der Waals surface area contributed by atoms with Gasteiger partial charge in [0.2, 0.25) is 5.95 Å². The SMILES string of the molecule is Nc1ncnc(-c2ccccc2Cl)n1. The van der Waals surface area contributed by atoms with Crippen molar-refractivity contribution in [2.75, 3.05) is 5.73 Å². The van der Waals surface area contributed by atoms with Gasteiger partial charge < -0.3 is 5.73 Å². The fourth-order valence-electron chi connectivity index (χ4n) is 1.08. The minimum Gasteiger partial charge on any atom is -0.368 e. The van der Waals surface area contributed by atoms with E-state index in [1.807, 2.05) is 18.2 Å². The Hall–Kier alpha value is -1.68. The molecule has 0 atom stereocenters. The van der Waals surface area contributed by atoms with Crippen LogP contribution in [0.2, 0.25) is 5.02 Å². The van der Waals surface area contributed by atoms with Gasteiger partial charge >= 0.3 is 0 Å². The number of nitrogens with zero attached hydrogens (tertiary/aromatic N) is 3. The smallest absolute Gasteiger partial charge is 0.223 e. The monoisotopic (exact) mass is 206 g/mol. The van der Waals surface area contributed by atoms with E-state index < -0.39 is 0 Å². The molecule has 5 heteroatoms. The summed E-state index contributed by atoms with van der Waals surface area (Å²) in [6.45, 7) is 0. The molecular formula is C9H7ClN4. The minimum absolute atomic E-state index is 0.190. The van der Waals surface area contributed by atoms with Gasteiger partial charge in [-0.25, -0.2) is 9.97 Å². The molecule has 0 fully saturated rings. The zero-order valence-electron chi connectivity index (χ0n) is 7.18. The van der Waals surface area contributed by atoms with Crippen molar-refractivity contribution >= 4 is 17.5 Å². The molecule has 0 amide bonds. The Morgan fingerprint density at radius 3 is 2.64 bits per heavy atom. The van der Waals surface area contributed by atoms with Crippen molar-refractivity contribution in [2.24, 2.45) is 0 Å². The van der Waals surface area contributed by atoms with E-state index >= 15 is 0 Å². The molecule has 0 unspecified atom stereocenters. The van der Waals surface area contributed by atoms with Crippen molar-refractivity contribution in [1.82, 2.24) is 15.0 Å². The second kappa shape index (κ2) is 3.59. The number of nitrogen functional groups attached to an aromatic ring is 1. The molecule has 2 N–H and O–H groups in total. The fourth-order valence-corrected chi connectivity index (χ4v) is 1.30. The summed E-state index contributed by atoms with van der Waals surface area (Å²) in [4.78, 5) is 11.7. The van der Waals surface area contributed by atoms with Crippen LogP contribution in [-0.2, 0) is 0 Å². The predicted molar refractivity (Wildman–Crippen MR) is 54.7 cm³/mol. The standard InChI is InChI=1S/C9H7ClN4/c10-7-4-2-1-3-6(7)8-12-5-13-9(11)14-8/h1-5H,(H2,11,12,13,14). The van der Waals surface area contributed by atoms with Gasteiger partial charge in [0.05, 0.1) is 5.02 Å². The van der Waals surface area contributed by atoms with Crippen LogP contribution in [0.15, 0.2) is 30.6 Å².